The van der Waals surface area contributed by atoms with Crippen molar-refractivity contribution in [1.82, 2.24) is 9.88 Å². The predicted molar refractivity (Wildman–Crippen MR) is 101 cm³/mol. The van der Waals surface area contributed by atoms with Gasteiger partial charge in [-0.15, -0.1) is 0 Å². The van der Waals surface area contributed by atoms with Gasteiger partial charge < -0.3 is 5.11 Å². The largest absolute Gasteiger partial charge is 0.392 e. The summed E-state index contributed by atoms with van der Waals surface area (Å²) in [6, 6.07) is 15.3. The average molecular weight is 336 g/mol. The molecular weight excluding hydrogens is 308 g/mol. The van der Waals surface area contributed by atoms with Gasteiger partial charge in [-0.25, -0.2) is 0 Å². The average Bonchev–Trinajstić information content (AvgIpc) is 3.23. The summed E-state index contributed by atoms with van der Waals surface area (Å²) in [6.45, 7) is 2.53. The zero-order chi connectivity index (χ0) is 17.1. The maximum atomic E-state index is 9.21. The second-order valence-electron chi connectivity index (χ2n) is 7.58. The van der Waals surface area contributed by atoms with Crippen LogP contribution in [0.25, 0.3) is 11.3 Å². The van der Waals surface area contributed by atoms with E-state index in [0.717, 1.165) is 22.9 Å². The molecule has 1 atom stereocenters. The molecule has 1 aromatic carbocycles. The van der Waals surface area contributed by atoms with Crippen molar-refractivity contribution in [1.29, 1.82) is 0 Å². The SMILES string of the molecule is OCc1ccc(-c2cccc([C@H]3CCCN(C4CCCC4)C3)n2)cc1. The first kappa shape index (κ1) is 16.7. The van der Waals surface area contributed by atoms with Gasteiger partial charge >= 0.3 is 0 Å². The van der Waals surface area contributed by atoms with Gasteiger partial charge in [0.15, 0.2) is 0 Å². The van der Waals surface area contributed by atoms with Gasteiger partial charge in [-0.1, -0.05) is 43.2 Å². The summed E-state index contributed by atoms with van der Waals surface area (Å²) in [5.74, 6) is 0.561. The number of aliphatic hydroxyl groups excluding tert-OH is 1. The Morgan fingerprint density at radius 3 is 2.52 bits per heavy atom. The Labute approximate surface area is 150 Å². The van der Waals surface area contributed by atoms with Gasteiger partial charge in [0.1, 0.15) is 0 Å². The van der Waals surface area contributed by atoms with Crippen LogP contribution in [0.4, 0.5) is 0 Å². The van der Waals surface area contributed by atoms with Crippen LogP contribution < -0.4 is 0 Å². The number of pyridine rings is 1. The van der Waals surface area contributed by atoms with Crippen molar-refractivity contribution in [2.75, 3.05) is 13.1 Å². The van der Waals surface area contributed by atoms with Crippen LogP contribution in [0.1, 0.15) is 55.7 Å². The quantitative estimate of drug-likeness (QED) is 0.901. The highest BCUT2D eigenvalue weighted by Gasteiger charge is 2.29. The molecule has 0 unspecified atom stereocenters. The molecule has 1 saturated carbocycles. The highest BCUT2D eigenvalue weighted by Crippen LogP contribution is 2.32. The van der Waals surface area contributed by atoms with E-state index in [1.54, 1.807) is 0 Å². The number of hydrogen-bond acceptors (Lipinski definition) is 3. The standard InChI is InChI=1S/C22H28N2O/c25-16-17-10-12-18(13-11-17)21-8-3-9-22(23-21)19-5-4-14-24(15-19)20-6-1-2-7-20/h3,8-13,19-20,25H,1-2,4-7,14-16H2/t19-/m0/s1. The van der Waals surface area contributed by atoms with Crippen LogP contribution in [0.3, 0.4) is 0 Å². The van der Waals surface area contributed by atoms with E-state index in [0.29, 0.717) is 5.92 Å². The first-order valence-corrected chi connectivity index (χ1v) is 9.74. The maximum absolute atomic E-state index is 9.21. The zero-order valence-corrected chi connectivity index (χ0v) is 14.9. The Balaban J connectivity index is 1.51. The molecule has 2 aromatic rings. The molecule has 25 heavy (non-hydrogen) atoms. The summed E-state index contributed by atoms with van der Waals surface area (Å²) in [6.07, 6.45) is 8.13. The van der Waals surface area contributed by atoms with Crippen LogP contribution in [0.2, 0.25) is 0 Å². The molecule has 0 spiro atoms. The lowest BCUT2D eigenvalue weighted by molar-refractivity contribution is 0.149. The van der Waals surface area contributed by atoms with E-state index in [2.05, 4.69) is 35.2 Å². The molecule has 2 heterocycles. The van der Waals surface area contributed by atoms with Crippen molar-refractivity contribution in [2.24, 2.45) is 0 Å². The van der Waals surface area contributed by atoms with Crippen LogP contribution in [0, 0.1) is 0 Å². The number of nitrogens with zero attached hydrogens (tertiary/aromatic N) is 2. The first-order valence-electron chi connectivity index (χ1n) is 9.74. The topological polar surface area (TPSA) is 36.4 Å². The fourth-order valence-corrected chi connectivity index (χ4v) is 4.47. The molecule has 2 aliphatic rings. The summed E-state index contributed by atoms with van der Waals surface area (Å²) in [5.41, 5.74) is 4.35. The van der Waals surface area contributed by atoms with Gasteiger partial charge in [0, 0.05) is 29.8 Å². The Morgan fingerprint density at radius 2 is 1.76 bits per heavy atom. The number of hydrogen-bond donors (Lipinski definition) is 1. The van der Waals surface area contributed by atoms with Crippen molar-refractivity contribution >= 4 is 0 Å². The molecule has 1 aliphatic heterocycles. The van der Waals surface area contributed by atoms with Crippen molar-refractivity contribution in [3.05, 3.63) is 53.7 Å². The molecular formula is C22H28N2O. The zero-order valence-electron chi connectivity index (χ0n) is 14.9. The van der Waals surface area contributed by atoms with Gasteiger partial charge in [0.25, 0.3) is 0 Å². The summed E-state index contributed by atoms with van der Waals surface area (Å²) >= 11 is 0. The first-order chi connectivity index (χ1) is 12.3. The lowest BCUT2D eigenvalue weighted by Crippen LogP contribution is -2.40. The Hall–Kier alpha value is -1.71. The van der Waals surface area contributed by atoms with E-state index < -0.39 is 0 Å². The van der Waals surface area contributed by atoms with Gasteiger partial charge in [-0.3, -0.25) is 9.88 Å². The molecule has 3 nitrogen and oxygen atoms in total. The van der Waals surface area contributed by atoms with E-state index in [1.807, 2.05) is 12.1 Å². The molecule has 0 bridgehead atoms. The lowest BCUT2D eigenvalue weighted by Gasteiger charge is -2.36. The Morgan fingerprint density at radius 1 is 0.960 bits per heavy atom. The summed E-state index contributed by atoms with van der Waals surface area (Å²) in [7, 11) is 0. The minimum absolute atomic E-state index is 0.0901. The van der Waals surface area contributed by atoms with Crippen molar-refractivity contribution < 1.29 is 5.11 Å². The van der Waals surface area contributed by atoms with E-state index in [-0.39, 0.29) is 6.61 Å². The third kappa shape index (κ3) is 3.78. The monoisotopic (exact) mass is 336 g/mol. The molecule has 1 N–H and O–H groups in total. The molecule has 0 amide bonds. The smallest absolute Gasteiger partial charge is 0.0705 e. The molecule has 132 valence electrons. The molecule has 1 aliphatic carbocycles. The summed E-state index contributed by atoms with van der Waals surface area (Å²) < 4.78 is 0. The number of benzene rings is 1. The molecule has 1 aromatic heterocycles. The summed E-state index contributed by atoms with van der Waals surface area (Å²) in [5, 5.41) is 9.21. The highest BCUT2D eigenvalue weighted by atomic mass is 16.3. The van der Waals surface area contributed by atoms with E-state index in [1.165, 1.54) is 57.3 Å². The lowest BCUT2D eigenvalue weighted by atomic mass is 9.92. The highest BCUT2D eigenvalue weighted by molar-refractivity contribution is 5.59. The number of aliphatic hydroxyl groups is 1. The second-order valence-corrected chi connectivity index (χ2v) is 7.58. The Bertz CT molecular complexity index is 691. The number of aromatic nitrogens is 1. The third-order valence-electron chi connectivity index (χ3n) is 5.92. The second kappa shape index (κ2) is 7.67. The third-order valence-corrected chi connectivity index (χ3v) is 5.92. The van der Waals surface area contributed by atoms with Crippen LogP contribution in [0.5, 0.6) is 0 Å². The van der Waals surface area contributed by atoms with Crippen molar-refractivity contribution in [3.8, 4) is 11.3 Å². The molecule has 0 radical (unpaired) electrons. The fourth-order valence-electron chi connectivity index (χ4n) is 4.47. The Kier molecular flexibility index (Phi) is 5.14. The molecule has 4 rings (SSSR count). The van der Waals surface area contributed by atoms with Gasteiger partial charge in [-0.05, 0) is 49.9 Å². The van der Waals surface area contributed by atoms with Crippen LogP contribution in [-0.2, 0) is 6.61 Å². The predicted octanol–water partition coefficient (Wildman–Crippen LogP) is 4.36. The van der Waals surface area contributed by atoms with Gasteiger partial charge in [0.2, 0.25) is 0 Å². The van der Waals surface area contributed by atoms with Crippen LogP contribution >= 0.6 is 0 Å². The van der Waals surface area contributed by atoms with Crippen LogP contribution in [0.15, 0.2) is 42.5 Å². The van der Waals surface area contributed by atoms with Gasteiger partial charge in [0.05, 0.1) is 12.3 Å². The van der Waals surface area contributed by atoms with Gasteiger partial charge in [-0.2, -0.15) is 0 Å². The van der Waals surface area contributed by atoms with E-state index in [9.17, 15) is 5.11 Å². The normalized spacial score (nSPS) is 22.4. The molecule has 1 saturated heterocycles. The van der Waals surface area contributed by atoms with Crippen LogP contribution in [-0.4, -0.2) is 34.1 Å². The summed E-state index contributed by atoms with van der Waals surface area (Å²) in [4.78, 5) is 7.72. The number of rotatable bonds is 4. The van der Waals surface area contributed by atoms with E-state index in [4.69, 9.17) is 4.98 Å². The van der Waals surface area contributed by atoms with Crippen molar-refractivity contribution in [2.45, 2.75) is 57.1 Å². The maximum Gasteiger partial charge on any atom is 0.0705 e. The van der Waals surface area contributed by atoms with E-state index >= 15 is 0 Å². The number of piperidine rings is 1. The molecule has 3 heteroatoms. The minimum Gasteiger partial charge on any atom is -0.392 e. The van der Waals surface area contributed by atoms with Crippen molar-refractivity contribution in [3.63, 3.8) is 0 Å². The number of likely N-dealkylation sites (tertiary alicyclic amines) is 1. The molecule has 2 fully saturated rings. The fraction of sp³-hybridized carbons (Fsp3) is 0.500. The minimum atomic E-state index is 0.0901.